The number of hydrogen-bond acceptors (Lipinski definition) is 7. The normalized spacial score (nSPS) is 20.1. The van der Waals surface area contributed by atoms with Gasteiger partial charge in [-0.3, -0.25) is 0 Å². The summed E-state index contributed by atoms with van der Waals surface area (Å²) in [6.07, 6.45) is 7.62. The molecule has 7 nitrogen and oxygen atoms in total. The molecule has 1 aromatic carbocycles. The van der Waals surface area contributed by atoms with E-state index in [0.29, 0.717) is 11.7 Å². The number of aryl methyl sites for hydroxylation is 1. The van der Waals surface area contributed by atoms with Gasteiger partial charge >= 0.3 is 0 Å². The van der Waals surface area contributed by atoms with Crippen molar-refractivity contribution in [3.63, 3.8) is 0 Å². The lowest BCUT2D eigenvalue weighted by Gasteiger charge is -2.28. The van der Waals surface area contributed by atoms with Crippen molar-refractivity contribution in [2.24, 2.45) is 5.73 Å². The highest BCUT2D eigenvalue weighted by Gasteiger charge is 2.27. The monoisotopic (exact) mass is 393 g/mol. The zero-order valence-electron chi connectivity index (χ0n) is 15.7. The van der Waals surface area contributed by atoms with E-state index in [2.05, 4.69) is 38.6 Å². The standard InChI is InChI=1S/C20H23N7S/c1-11-24-15-10-14(6-7-16(15)28-11)25-18-17(12-2-4-13(21)5-3-12)19(22)26-27-9-8-23-20(18)27/h6-10,12-13,25H,2-5,21H2,1H3,(H2,22,26)/t12-,13-. The number of nitrogen functional groups attached to an aromatic ring is 1. The molecule has 0 spiro atoms. The average molecular weight is 394 g/mol. The Labute approximate surface area is 166 Å². The molecule has 8 heteroatoms. The van der Waals surface area contributed by atoms with Gasteiger partial charge < -0.3 is 16.8 Å². The number of benzene rings is 1. The number of anilines is 3. The molecule has 5 N–H and O–H groups in total. The van der Waals surface area contributed by atoms with Crippen LogP contribution in [0.4, 0.5) is 17.2 Å². The van der Waals surface area contributed by atoms with Crippen molar-refractivity contribution in [1.82, 2.24) is 19.6 Å². The number of fused-ring (bicyclic) bond motifs is 2. The van der Waals surface area contributed by atoms with Gasteiger partial charge in [0, 0.05) is 29.7 Å². The van der Waals surface area contributed by atoms with E-state index in [4.69, 9.17) is 11.5 Å². The minimum atomic E-state index is 0.285. The summed E-state index contributed by atoms with van der Waals surface area (Å²) in [6.45, 7) is 2.03. The zero-order chi connectivity index (χ0) is 19.3. The lowest BCUT2D eigenvalue weighted by molar-refractivity contribution is 0.396. The van der Waals surface area contributed by atoms with E-state index in [-0.39, 0.29) is 6.04 Å². The molecule has 28 heavy (non-hydrogen) atoms. The molecule has 0 aliphatic heterocycles. The van der Waals surface area contributed by atoms with Crippen LogP contribution in [-0.4, -0.2) is 25.6 Å². The Morgan fingerprint density at radius 1 is 1.21 bits per heavy atom. The number of rotatable bonds is 3. The fraction of sp³-hybridized carbons (Fsp3) is 0.350. The van der Waals surface area contributed by atoms with E-state index in [1.807, 2.05) is 13.1 Å². The van der Waals surface area contributed by atoms with Gasteiger partial charge in [0.2, 0.25) is 0 Å². The minimum absolute atomic E-state index is 0.285. The van der Waals surface area contributed by atoms with Crippen LogP contribution in [0.25, 0.3) is 15.9 Å². The number of aromatic nitrogens is 4. The van der Waals surface area contributed by atoms with Gasteiger partial charge in [0.15, 0.2) is 5.65 Å². The fourth-order valence-electron chi connectivity index (χ4n) is 4.18. The molecule has 0 atom stereocenters. The first-order valence-corrected chi connectivity index (χ1v) is 10.4. The van der Waals surface area contributed by atoms with Crippen molar-refractivity contribution in [3.05, 3.63) is 41.2 Å². The van der Waals surface area contributed by atoms with Gasteiger partial charge in [-0.15, -0.1) is 16.4 Å². The summed E-state index contributed by atoms with van der Waals surface area (Å²) >= 11 is 1.70. The maximum Gasteiger partial charge on any atom is 0.177 e. The molecule has 4 aromatic rings. The molecule has 0 saturated heterocycles. The van der Waals surface area contributed by atoms with Crippen LogP contribution in [0.5, 0.6) is 0 Å². The van der Waals surface area contributed by atoms with Gasteiger partial charge in [0.1, 0.15) is 5.82 Å². The Balaban J connectivity index is 1.61. The third-order valence-corrected chi connectivity index (χ3v) is 6.50. The Kier molecular flexibility index (Phi) is 4.17. The molecule has 1 fully saturated rings. The lowest BCUT2D eigenvalue weighted by atomic mass is 9.81. The topological polar surface area (TPSA) is 107 Å². The second-order valence-electron chi connectivity index (χ2n) is 7.52. The average Bonchev–Trinajstić information content (AvgIpc) is 3.28. The second kappa shape index (κ2) is 6.72. The van der Waals surface area contributed by atoms with Gasteiger partial charge in [0.25, 0.3) is 0 Å². The van der Waals surface area contributed by atoms with E-state index < -0.39 is 0 Å². The molecule has 1 aliphatic rings. The molecule has 144 valence electrons. The molecule has 3 heterocycles. The van der Waals surface area contributed by atoms with Gasteiger partial charge in [-0.2, -0.15) is 0 Å². The summed E-state index contributed by atoms with van der Waals surface area (Å²) in [6, 6.07) is 6.55. The largest absolute Gasteiger partial charge is 0.382 e. The van der Waals surface area contributed by atoms with Gasteiger partial charge in [-0.25, -0.2) is 14.5 Å². The van der Waals surface area contributed by atoms with Crippen LogP contribution in [-0.2, 0) is 0 Å². The number of nitrogens with one attached hydrogen (secondary N) is 1. The summed E-state index contributed by atoms with van der Waals surface area (Å²) in [5, 5.41) is 9.18. The first-order chi connectivity index (χ1) is 13.6. The SMILES string of the molecule is Cc1nc2cc(Nc3c4nccn4nc(N)c3[C@H]3CC[C@H](N)CC3)ccc2s1. The van der Waals surface area contributed by atoms with Crippen LogP contribution in [0, 0.1) is 6.92 Å². The number of hydrogen-bond donors (Lipinski definition) is 3. The highest BCUT2D eigenvalue weighted by Crippen LogP contribution is 2.41. The van der Waals surface area contributed by atoms with Crippen LogP contribution >= 0.6 is 11.3 Å². The van der Waals surface area contributed by atoms with Gasteiger partial charge in [-0.1, -0.05) is 0 Å². The first-order valence-electron chi connectivity index (χ1n) is 9.61. The van der Waals surface area contributed by atoms with Crippen LogP contribution < -0.4 is 16.8 Å². The van der Waals surface area contributed by atoms with E-state index >= 15 is 0 Å². The van der Waals surface area contributed by atoms with E-state index in [1.165, 1.54) is 4.70 Å². The molecule has 0 bridgehead atoms. The third-order valence-electron chi connectivity index (χ3n) is 5.55. The summed E-state index contributed by atoms with van der Waals surface area (Å²) < 4.78 is 2.92. The summed E-state index contributed by atoms with van der Waals surface area (Å²) in [5.41, 5.74) is 17.3. The fourth-order valence-corrected chi connectivity index (χ4v) is 4.99. The molecule has 0 amide bonds. The Bertz CT molecular complexity index is 1150. The molecular weight excluding hydrogens is 370 g/mol. The molecular formula is C20H23N7S. The smallest absolute Gasteiger partial charge is 0.177 e. The summed E-state index contributed by atoms with van der Waals surface area (Å²) in [7, 11) is 0. The number of nitrogens with two attached hydrogens (primary N) is 2. The summed E-state index contributed by atoms with van der Waals surface area (Å²) in [4.78, 5) is 9.15. The lowest BCUT2D eigenvalue weighted by Crippen LogP contribution is -2.26. The maximum atomic E-state index is 6.42. The van der Waals surface area contributed by atoms with Crippen molar-refractivity contribution < 1.29 is 0 Å². The Morgan fingerprint density at radius 3 is 2.86 bits per heavy atom. The third kappa shape index (κ3) is 2.98. The van der Waals surface area contributed by atoms with Crippen molar-refractivity contribution >= 4 is 44.4 Å². The van der Waals surface area contributed by atoms with Crippen LogP contribution in [0.3, 0.4) is 0 Å². The van der Waals surface area contributed by atoms with Crippen LogP contribution in [0.15, 0.2) is 30.6 Å². The number of thiazole rings is 1. The highest BCUT2D eigenvalue weighted by atomic mass is 32.1. The second-order valence-corrected chi connectivity index (χ2v) is 8.76. The van der Waals surface area contributed by atoms with E-state index in [1.54, 1.807) is 22.0 Å². The van der Waals surface area contributed by atoms with Crippen molar-refractivity contribution in [2.75, 3.05) is 11.1 Å². The Hall–Kier alpha value is -2.71. The van der Waals surface area contributed by atoms with Crippen molar-refractivity contribution in [1.29, 1.82) is 0 Å². The molecule has 5 rings (SSSR count). The molecule has 1 saturated carbocycles. The van der Waals surface area contributed by atoms with E-state index in [9.17, 15) is 0 Å². The zero-order valence-corrected chi connectivity index (χ0v) is 16.5. The predicted octanol–water partition coefficient (Wildman–Crippen LogP) is 3.96. The summed E-state index contributed by atoms with van der Waals surface area (Å²) in [5.74, 6) is 0.890. The minimum Gasteiger partial charge on any atom is -0.382 e. The predicted molar refractivity (Wildman–Crippen MR) is 114 cm³/mol. The molecule has 0 unspecified atom stereocenters. The van der Waals surface area contributed by atoms with E-state index in [0.717, 1.165) is 58.8 Å². The molecule has 0 radical (unpaired) electrons. The Morgan fingerprint density at radius 2 is 2.04 bits per heavy atom. The highest BCUT2D eigenvalue weighted by molar-refractivity contribution is 7.18. The quantitative estimate of drug-likeness (QED) is 0.486. The van der Waals surface area contributed by atoms with Gasteiger partial charge in [0.05, 0.1) is 20.9 Å². The van der Waals surface area contributed by atoms with Crippen molar-refractivity contribution in [3.8, 4) is 0 Å². The molecule has 1 aliphatic carbocycles. The van der Waals surface area contributed by atoms with Gasteiger partial charge in [-0.05, 0) is 56.7 Å². The van der Waals surface area contributed by atoms with Crippen LogP contribution in [0.1, 0.15) is 42.2 Å². The molecule has 3 aromatic heterocycles. The number of nitrogens with zero attached hydrogens (tertiary/aromatic N) is 4. The maximum absolute atomic E-state index is 6.42. The van der Waals surface area contributed by atoms with Crippen molar-refractivity contribution in [2.45, 2.75) is 44.6 Å². The number of imidazole rings is 1. The first kappa shape index (κ1) is 17.4. The van der Waals surface area contributed by atoms with Crippen LogP contribution in [0.2, 0.25) is 0 Å².